The van der Waals surface area contributed by atoms with Crippen molar-refractivity contribution in [3.8, 4) is 0 Å². The molecule has 1 fully saturated rings. The molecule has 110 valence electrons. The molecule has 4 heteroatoms. The topological polar surface area (TPSA) is 58.4 Å². The fourth-order valence-corrected chi connectivity index (χ4v) is 2.63. The molecule has 0 radical (unpaired) electrons. The molecule has 1 aromatic carbocycles. The molecule has 3 N–H and O–H groups in total. The van der Waals surface area contributed by atoms with E-state index in [1.807, 2.05) is 24.3 Å². The summed E-state index contributed by atoms with van der Waals surface area (Å²) in [4.78, 5) is 14.4. The van der Waals surface area contributed by atoms with Gasteiger partial charge in [-0.2, -0.15) is 0 Å². The second kappa shape index (κ2) is 7.29. The maximum Gasteiger partial charge on any atom is 0.224 e. The van der Waals surface area contributed by atoms with Gasteiger partial charge in [0.15, 0.2) is 0 Å². The number of nitrogen functional groups attached to an aromatic ring is 1. The second-order valence-electron chi connectivity index (χ2n) is 5.67. The van der Waals surface area contributed by atoms with Crippen molar-refractivity contribution in [2.24, 2.45) is 0 Å². The largest absolute Gasteiger partial charge is 0.399 e. The molecule has 1 aliphatic heterocycles. The van der Waals surface area contributed by atoms with Crippen LogP contribution in [0.25, 0.3) is 0 Å². The number of nitrogens with zero attached hydrogens (tertiary/aromatic N) is 1. The lowest BCUT2D eigenvalue weighted by Crippen LogP contribution is -2.44. The maximum atomic E-state index is 11.9. The van der Waals surface area contributed by atoms with Gasteiger partial charge in [0, 0.05) is 18.3 Å². The van der Waals surface area contributed by atoms with Crippen molar-refractivity contribution in [3.05, 3.63) is 29.8 Å². The van der Waals surface area contributed by atoms with Crippen LogP contribution in [0.5, 0.6) is 0 Å². The highest BCUT2D eigenvalue weighted by molar-refractivity contribution is 5.78. The average molecular weight is 275 g/mol. The number of anilines is 1. The Morgan fingerprint density at radius 1 is 1.25 bits per heavy atom. The highest BCUT2D eigenvalue weighted by Gasteiger charge is 2.16. The number of benzene rings is 1. The van der Waals surface area contributed by atoms with E-state index in [2.05, 4.69) is 17.1 Å². The molecule has 1 aromatic rings. The first-order valence-electron chi connectivity index (χ1n) is 7.50. The Morgan fingerprint density at radius 3 is 2.55 bits per heavy atom. The molecule has 0 bridgehead atoms. The van der Waals surface area contributed by atoms with E-state index in [-0.39, 0.29) is 5.91 Å². The third kappa shape index (κ3) is 4.53. The van der Waals surface area contributed by atoms with E-state index in [1.165, 1.54) is 19.3 Å². The highest BCUT2D eigenvalue weighted by atomic mass is 16.1. The van der Waals surface area contributed by atoms with Crippen molar-refractivity contribution < 1.29 is 4.79 Å². The quantitative estimate of drug-likeness (QED) is 0.806. The summed E-state index contributed by atoms with van der Waals surface area (Å²) in [6, 6.07) is 7.90. The van der Waals surface area contributed by atoms with Gasteiger partial charge in [-0.1, -0.05) is 18.6 Å². The van der Waals surface area contributed by atoms with E-state index >= 15 is 0 Å². The first-order valence-corrected chi connectivity index (χ1v) is 7.50. The molecule has 0 saturated carbocycles. The van der Waals surface area contributed by atoms with Crippen molar-refractivity contribution in [2.45, 2.75) is 38.6 Å². The predicted octanol–water partition coefficient (Wildman–Crippen LogP) is 1.80. The number of rotatable bonds is 5. The molecule has 1 atom stereocenters. The summed E-state index contributed by atoms with van der Waals surface area (Å²) in [7, 11) is 0. The predicted molar refractivity (Wildman–Crippen MR) is 82.5 cm³/mol. The van der Waals surface area contributed by atoms with Crippen molar-refractivity contribution in [1.82, 2.24) is 10.2 Å². The minimum atomic E-state index is 0.0821. The molecule has 0 aromatic heterocycles. The van der Waals surface area contributed by atoms with Crippen molar-refractivity contribution in [1.29, 1.82) is 0 Å². The molecule has 1 saturated heterocycles. The monoisotopic (exact) mass is 275 g/mol. The van der Waals surface area contributed by atoms with Crippen LogP contribution in [-0.2, 0) is 11.2 Å². The van der Waals surface area contributed by atoms with Crippen LogP contribution >= 0.6 is 0 Å². The van der Waals surface area contributed by atoms with E-state index in [0.29, 0.717) is 12.5 Å². The molecule has 2 rings (SSSR count). The van der Waals surface area contributed by atoms with Gasteiger partial charge < -0.3 is 11.1 Å². The number of hydrogen-bond donors (Lipinski definition) is 2. The number of amides is 1. The van der Waals surface area contributed by atoms with Crippen molar-refractivity contribution in [3.63, 3.8) is 0 Å². The van der Waals surface area contributed by atoms with E-state index in [1.54, 1.807) is 0 Å². The SMILES string of the molecule is CC(CNC(=O)Cc1ccc(N)cc1)N1CCCCC1. The van der Waals surface area contributed by atoms with Gasteiger partial charge in [-0.3, -0.25) is 9.69 Å². The van der Waals surface area contributed by atoms with E-state index < -0.39 is 0 Å². The second-order valence-corrected chi connectivity index (χ2v) is 5.67. The number of nitrogens with two attached hydrogens (primary N) is 1. The summed E-state index contributed by atoms with van der Waals surface area (Å²) >= 11 is 0. The number of piperidine rings is 1. The minimum absolute atomic E-state index is 0.0821. The van der Waals surface area contributed by atoms with Crippen molar-refractivity contribution in [2.75, 3.05) is 25.4 Å². The van der Waals surface area contributed by atoms with Crippen LogP contribution in [-0.4, -0.2) is 36.5 Å². The lowest BCUT2D eigenvalue weighted by molar-refractivity contribution is -0.120. The van der Waals surface area contributed by atoms with Gasteiger partial charge in [-0.15, -0.1) is 0 Å². The molecular weight excluding hydrogens is 250 g/mol. The summed E-state index contributed by atoms with van der Waals surface area (Å²) in [6.07, 6.45) is 4.33. The Morgan fingerprint density at radius 2 is 1.90 bits per heavy atom. The molecule has 1 amide bonds. The van der Waals surface area contributed by atoms with Crippen molar-refractivity contribution >= 4 is 11.6 Å². The van der Waals surface area contributed by atoms with E-state index in [4.69, 9.17) is 5.73 Å². The zero-order chi connectivity index (χ0) is 14.4. The van der Waals surface area contributed by atoms with Crippen LogP contribution in [0.4, 0.5) is 5.69 Å². The fourth-order valence-electron chi connectivity index (χ4n) is 2.63. The van der Waals surface area contributed by atoms with Gasteiger partial charge in [-0.25, -0.2) is 0 Å². The van der Waals surface area contributed by atoms with Gasteiger partial charge in [0.2, 0.25) is 5.91 Å². The molecule has 0 spiro atoms. The zero-order valence-corrected chi connectivity index (χ0v) is 12.3. The summed E-state index contributed by atoms with van der Waals surface area (Å²) < 4.78 is 0. The Kier molecular flexibility index (Phi) is 5.41. The number of nitrogens with one attached hydrogen (secondary N) is 1. The van der Waals surface area contributed by atoms with Gasteiger partial charge in [0.1, 0.15) is 0 Å². The van der Waals surface area contributed by atoms with Crippen LogP contribution in [0.3, 0.4) is 0 Å². The van der Waals surface area contributed by atoms with E-state index in [9.17, 15) is 4.79 Å². The molecule has 1 heterocycles. The Bertz CT molecular complexity index is 424. The summed E-state index contributed by atoms with van der Waals surface area (Å²) in [5.74, 6) is 0.0821. The van der Waals surface area contributed by atoms with Gasteiger partial charge in [0.05, 0.1) is 6.42 Å². The Balaban J connectivity index is 1.72. The van der Waals surface area contributed by atoms with E-state index in [0.717, 1.165) is 30.9 Å². The summed E-state index contributed by atoms with van der Waals surface area (Å²) in [6.45, 7) is 5.24. The third-order valence-electron chi connectivity index (χ3n) is 3.95. The normalized spacial score (nSPS) is 17.6. The summed E-state index contributed by atoms with van der Waals surface area (Å²) in [5.41, 5.74) is 7.36. The number of carbonyl (C=O) groups is 1. The van der Waals surface area contributed by atoms with Crippen LogP contribution in [0.2, 0.25) is 0 Å². The zero-order valence-electron chi connectivity index (χ0n) is 12.3. The lowest BCUT2D eigenvalue weighted by atomic mass is 10.1. The van der Waals surface area contributed by atoms with Crippen LogP contribution in [0.15, 0.2) is 24.3 Å². The molecule has 1 aliphatic rings. The number of likely N-dealkylation sites (tertiary alicyclic amines) is 1. The lowest BCUT2D eigenvalue weighted by Gasteiger charge is -2.32. The first-order chi connectivity index (χ1) is 9.65. The first kappa shape index (κ1) is 14.9. The third-order valence-corrected chi connectivity index (χ3v) is 3.95. The number of carbonyl (C=O) groups excluding carboxylic acids is 1. The maximum absolute atomic E-state index is 11.9. The molecular formula is C16H25N3O. The van der Waals surface area contributed by atoms with Crippen LogP contribution in [0, 0.1) is 0 Å². The number of hydrogen-bond acceptors (Lipinski definition) is 3. The molecule has 0 aliphatic carbocycles. The standard InChI is InChI=1S/C16H25N3O/c1-13(19-9-3-2-4-10-19)12-18-16(20)11-14-5-7-15(17)8-6-14/h5-8,13H,2-4,9-12,17H2,1H3,(H,18,20). The molecule has 4 nitrogen and oxygen atoms in total. The van der Waals surface area contributed by atoms with Gasteiger partial charge in [-0.05, 0) is 50.6 Å². The Hall–Kier alpha value is -1.55. The summed E-state index contributed by atoms with van der Waals surface area (Å²) in [5, 5.41) is 3.03. The average Bonchev–Trinajstić information content (AvgIpc) is 2.48. The fraction of sp³-hybridized carbons (Fsp3) is 0.562. The van der Waals surface area contributed by atoms with Gasteiger partial charge >= 0.3 is 0 Å². The molecule has 20 heavy (non-hydrogen) atoms. The van der Waals surface area contributed by atoms with Crippen LogP contribution < -0.4 is 11.1 Å². The minimum Gasteiger partial charge on any atom is -0.399 e. The molecule has 1 unspecified atom stereocenters. The van der Waals surface area contributed by atoms with Gasteiger partial charge in [0.25, 0.3) is 0 Å². The smallest absolute Gasteiger partial charge is 0.224 e. The van der Waals surface area contributed by atoms with Crippen LogP contribution in [0.1, 0.15) is 31.7 Å². The Labute approximate surface area is 121 Å². The highest BCUT2D eigenvalue weighted by Crippen LogP contribution is 2.11.